The molecule has 1 N–H and O–H groups in total. The van der Waals surface area contributed by atoms with Crippen LogP contribution in [0.2, 0.25) is 0 Å². The molecule has 98 valence electrons. The quantitative estimate of drug-likeness (QED) is 0.617. The van der Waals surface area contributed by atoms with Crippen LogP contribution in [0, 0.1) is 0 Å². The number of hydrogen-bond donors (Lipinski definition) is 2. The first kappa shape index (κ1) is 16.2. The van der Waals surface area contributed by atoms with Crippen molar-refractivity contribution >= 4 is 12.6 Å². The van der Waals surface area contributed by atoms with Crippen molar-refractivity contribution in [3.63, 3.8) is 0 Å². The molecule has 0 saturated heterocycles. The van der Waals surface area contributed by atoms with Crippen LogP contribution in [0.25, 0.3) is 0 Å². The minimum atomic E-state index is -0.236. The van der Waals surface area contributed by atoms with Gasteiger partial charge in [0.2, 0.25) is 0 Å². The second-order valence-corrected chi connectivity index (χ2v) is 5.61. The highest BCUT2D eigenvalue weighted by molar-refractivity contribution is 7.80. The second kappa shape index (κ2) is 7.54. The Labute approximate surface area is 105 Å². The van der Waals surface area contributed by atoms with Crippen LogP contribution in [0.1, 0.15) is 40.5 Å². The van der Waals surface area contributed by atoms with Gasteiger partial charge in [0, 0.05) is 0 Å². The van der Waals surface area contributed by atoms with Gasteiger partial charge in [-0.3, -0.25) is 0 Å². The van der Waals surface area contributed by atoms with Crippen LogP contribution >= 0.6 is 12.6 Å². The van der Waals surface area contributed by atoms with Crippen molar-refractivity contribution in [3.8, 4) is 0 Å². The van der Waals surface area contributed by atoms with Crippen LogP contribution in [-0.4, -0.2) is 41.9 Å². The van der Waals surface area contributed by atoms with Gasteiger partial charge in [-0.25, -0.2) is 0 Å². The maximum absolute atomic E-state index is 8.69. The molecular weight excluding hydrogens is 224 g/mol. The van der Waals surface area contributed by atoms with Crippen LogP contribution in [0.5, 0.6) is 0 Å². The van der Waals surface area contributed by atoms with Crippen LogP contribution < -0.4 is 0 Å². The zero-order chi connectivity index (χ0) is 12.7. The summed E-state index contributed by atoms with van der Waals surface area (Å²) in [5, 5.41) is 8.69. The van der Waals surface area contributed by atoms with Gasteiger partial charge in [-0.2, -0.15) is 12.6 Å². The molecular formula is C12H26O3S. The molecule has 3 nitrogen and oxygen atoms in total. The lowest BCUT2D eigenvalue weighted by Crippen LogP contribution is -2.31. The van der Waals surface area contributed by atoms with E-state index in [0.717, 1.165) is 18.6 Å². The lowest BCUT2D eigenvalue weighted by atomic mass is 10.0. The monoisotopic (exact) mass is 250 g/mol. The summed E-state index contributed by atoms with van der Waals surface area (Å²) in [6.45, 7) is 9.28. The van der Waals surface area contributed by atoms with E-state index in [2.05, 4.69) is 26.5 Å². The molecule has 0 aliphatic rings. The Morgan fingerprint density at radius 3 is 1.94 bits per heavy atom. The molecule has 0 atom stereocenters. The Hall–Kier alpha value is 0.230. The van der Waals surface area contributed by atoms with Crippen molar-refractivity contribution in [1.82, 2.24) is 0 Å². The Morgan fingerprint density at radius 2 is 1.44 bits per heavy atom. The molecule has 4 heteroatoms. The van der Waals surface area contributed by atoms with E-state index in [9.17, 15) is 0 Å². The van der Waals surface area contributed by atoms with E-state index >= 15 is 0 Å². The molecule has 0 radical (unpaired) electrons. The highest BCUT2D eigenvalue weighted by atomic mass is 32.1. The summed E-state index contributed by atoms with van der Waals surface area (Å²) in [5.74, 6) is 0.831. The molecule has 0 aliphatic heterocycles. The zero-order valence-corrected chi connectivity index (χ0v) is 11.8. The van der Waals surface area contributed by atoms with Crippen LogP contribution in [0.15, 0.2) is 0 Å². The van der Waals surface area contributed by atoms with Crippen molar-refractivity contribution < 1.29 is 14.6 Å². The van der Waals surface area contributed by atoms with Gasteiger partial charge in [-0.1, -0.05) is 0 Å². The summed E-state index contributed by atoms with van der Waals surface area (Å²) in [6, 6.07) is 0. The molecule has 16 heavy (non-hydrogen) atoms. The smallest absolute Gasteiger partial charge is 0.0705 e. The van der Waals surface area contributed by atoms with Crippen LogP contribution in [-0.2, 0) is 9.47 Å². The Kier molecular flexibility index (Phi) is 7.64. The number of rotatable bonds is 9. The summed E-state index contributed by atoms with van der Waals surface area (Å²) in [5.41, 5.74) is -0.353. The molecule has 0 amide bonds. The molecule has 0 aliphatic carbocycles. The minimum absolute atomic E-state index is 0.0649. The number of aliphatic hydroxyl groups is 1. The molecule has 0 aromatic rings. The first-order valence-electron chi connectivity index (χ1n) is 5.83. The summed E-state index contributed by atoms with van der Waals surface area (Å²) in [7, 11) is 0. The van der Waals surface area contributed by atoms with Gasteiger partial charge in [0.15, 0.2) is 0 Å². The largest absolute Gasteiger partial charge is 0.394 e. The van der Waals surface area contributed by atoms with Gasteiger partial charge < -0.3 is 14.6 Å². The molecule has 0 aromatic carbocycles. The standard InChI is InChI=1S/C12H26O3S/c1-11(2,15-9-7-13)5-8-14-12(3,4)6-10-16/h13,16H,5-10H2,1-4H3. The van der Waals surface area contributed by atoms with E-state index in [1.54, 1.807) is 0 Å². The van der Waals surface area contributed by atoms with E-state index in [-0.39, 0.29) is 17.8 Å². The third-order valence-corrected chi connectivity index (χ3v) is 2.72. The maximum atomic E-state index is 8.69. The highest BCUT2D eigenvalue weighted by Gasteiger charge is 2.21. The van der Waals surface area contributed by atoms with Crippen LogP contribution in [0.4, 0.5) is 0 Å². The van der Waals surface area contributed by atoms with Crippen molar-refractivity contribution in [1.29, 1.82) is 0 Å². The fourth-order valence-corrected chi connectivity index (χ4v) is 1.85. The summed E-state index contributed by atoms with van der Waals surface area (Å²) in [6.07, 6.45) is 1.76. The van der Waals surface area contributed by atoms with E-state index in [0.29, 0.717) is 13.2 Å². The molecule has 0 fully saturated rings. The molecule has 0 unspecified atom stereocenters. The van der Waals surface area contributed by atoms with Gasteiger partial charge >= 0.3 is 0 Å². The summed E-state index contributed by atoms with van der Waals surface area (Å²) >= 11 is 4.21. The van der Waals surface area contributed by atoms with E-state index in [4.69, 9.17) is 14.6 Å². The topological polar surface area (TPSA) is 38.7 Å². The number of ether oxygens (including phenoxy) is 2. The summed E-state index contributed by atoms with van der Waals surface area (Å²) in [4.78, 5) is 0. The molecule has 0 saturated carbocycles. The SMILES string of the molecule is CC(C)(CCS)OCCC(C)(C)OCCO. The number of aliphatic hydroxyl groups excluding tert-OH is 1. The van der Waals surface area contributed by atoms with Gasteiger partial charge in [0.05, 0.1) is 31.0 Å². The minimum Gasteiger partial charge on any atom is -0.394 e. The Morgan fingerprint density at radius 1 is 0.938 bits per heavy atom. The van der Waals surface area contributed by atoms with Crippen LogP contribution in [0.3, 0.4) is 0 Å². The predicted octanol–water partition coefficient (Wildman–Crippen LogP) is 2.28. The highest BCUT2D eigenvalue weighted by Crippen LogP contribution is 2.19. The van der Waals surface area contributed by atoms with Crippen molar-refractivity contribution in [2.75, 3.05) is 25.6 Å². The van der Waals surface area contributed by atoms with Gasteiger partial charge in [-0.15, -0.1) is 0 Å². The van der Waals surface area contributed by atoms with Crippen molar-refractivity contribution in [2.24, 2.45) is 0 Å². The molecule has 0 aromatic heterocycles. The zero-order valence-electron chi connectivity index (χ0n) is 11.0. The summed E-state index contributed by atoms with van der Waals surface area (Å²) < 4.78 is 11.3. The van der Waals surface area contributed by atoms with Gasteiger partial charge in [0.25, 0.3) is 0 Å². The second-order valence-electron chi connectivity index (χ2n) is 5.16. The maximum Gasteiger partial charge on any atom is 0.0705 e. The van der Waals surface area contributed by atoms with Gasteiger partial charge in [0.1, 0.15) is 0 Å². The molecule has 0 spiro atoms. The van der Waals surface area contributed by atoms with E-state index in [1.165, 1.54) is 0 Å². The van der Waals surface area contributed by atoms with Crippen molar-refractivity contribution in [3.05, 3.63) is 0 Å². The number of thiol groups is 1. The first-order valence-corrected chi connectivity index (χ1v) is 6.46. The molecule has 0 rings (SSSR count). The van der Waals surface area contributed by atoms with Gasteiger partial charge in [-0.05, 0) is 46.3 Å². The fraction of sp³-hybridized carbons (Fsp3) is 1.00. The normalized spacial score (nSPS) is 13.1. The Bertz CT molecular complexity index is 181. The fourth-order valence-electron chi connectivity index (χ4n) is 1.31. The molecule has 0 heterocycles. The lowest BCUT2D eigenvalue weighted by molar-refractivity contribution is -0.0784. The van der Waals surface area contributed by atoms with E-state index in [1.807, 2.05) is 13.8 Å². The van der Waals surface area contributed by atoms with Crippen molar-refractivity contribution in [2.45, 2.75) is 51.7 Å². The first-order chi connectivity index (χ1) is 7.33. The third kappa shape index (κ3) is 8.39. The predicted molar refractivity (Wildman–Crippen MR) is 70.2 cm³/mol. The number of hydrogen-bond acceptors (Lipinski definition) is 4. The van der Waals surface area contributed by atoms with E-state index < -0.39 is 0 Å². The average Bonchev–Trinajstić information content (AvgIpc) is 2.14. The average molecular weight is 250 g/mol. The third-order valence-electron chi connectivity index (χ3n) is 2.49. The Balaban J connectivity index is 3.78. The lowest BCUT2D eigenvalue weighted by Gasteiger charge is -2.29. The molecule has 0 bridgehead atoms.